The van der Waals surface area contributed by atoms with Crippen LogP contribution in [0.1, 0.15) is 24.4 Å². The van der Waals surface area contributed by atoms with Crippen LogP contribution in [0.3, 0.4) is 0 Å². The fraction of sp³-hybridized carbons (Fsp3) is 0.500. The highest BCUT2D eigenvalue weighted by Gasteiger charge is 2.25. The van der Waals surface area contributed by atoms with Crippen LogP contribution in [0.2, 0.25) is 0 Å². The molecule has 0 aliphatic rings. The summed E-state index contributed by atoms with van der Waals surface area (Å²) in [7, 11) is 1.74. The van der Waals surface area contributed by atoms with Gasteiger partial charge in [0.15, 0.2) is 5.88 Å². The van der Waals surface area contributed by atoms with E-state index in [0.29, 0.717) is 5.88 Å². The first-order chi connectivity index (χ1) is 6.88. The number of aliphatic hydroxyl groups excluding tert-OH is 1. The number of rotatable bonds is 4. The van der Waals surface area contributed by atoms with E-state index < -0.39 is 11.5 Å². The van der Waals surface area contributed by atoms with Crippen LogP contribution in [0.4, 0.5) is 5.88 Å². The van der Waals surface area contributed by atoms with Crippen molar-refractivity contribution in [2.75, 3.05) is 18.6 Å². The quantitative estimate of drug-likeness (QED) is 0.785. The number of carbonyl (C=O) groups is 1. The molecule has 2 N–H and O–H groups in total. The van der Waals surface area contributed by atoms with Gasteiger partial charge in [-0.15, -0.1) is 0 Å². The Morgan fingerprint density at radius 3 is 2.53 bits per heavy atom. The Bertz CT molecular complexity index is 356. The normalized spacial score (nSPS) is 11.5. The summed E-state index contributed by atoms with van der Waals surface area (Å²) < 4.78 is 5.11. The minimum absolute atomic E-state index is 0.0490. The van der Waals surface area contributed by atoms with Crippen molar-refractivity contribution >= 4 is 11.9 Å². The molecule has 5 nitrogen and oxygen atoms in total. The third-order valence-corrected chi connectivity index (χ3v) is 2.43. The fourth-order valence-electron chi connectivity index (χ4n) is 1.03. The molecule has 0 radical (unpaired) electrons. The highest BCUT2D eigenvalue weighted by atomic mass is 16.4. The van der Waals surface area contributed by atoms with E-state index in [1.54, 1.807) is 18.0 Å². The van der Waals surface area contributed by atoms with Crippen molar-refractivity contribution in [3.63, 3.8) is 0 Å². The van der Waals surface area contributed by atoms with E-state index in [-0.39, 0.29) is 12.4 Å². The molecule has 1 aromatic heterocycles. The first-order valence-electron chi connectivity index (χ1n) is 4.56. The topological polar surface area (TPSA) is 73.9 Å². The number of hydrogen-bond acceptors (Lipinski definition) is 4. The molecule has 0 unspecified atom stereocenters. The molecule has 1 rings (SSSR count). The lowest BCUT2D eigenvalue weighted by molar-refractivity contribution is 0.0662. The average molecular weight is 213 g/mol. The van der Waals surface area contributed by atoms with Gasteiger partial charge in [0.05, 0.1) is 12.1 Å². The zero-order valence-electron chi connectivity index (χ0n) is 9.02. The maximum Gasteiger partial charge on any atom is 0.371 e. The Labute approximate surface area is 87.9 Å². The number of likely N-dealkylation sites (N-methyl/N-ethyl adjacent to an activating group) is 1. The summed E-state index contributed by atoms with van der Waals surface area (Å²) in [6.07, 6.45) is 0. The summed E-state index contributed by atoms with van der Waals surface area (Å²) in [6.45, 7) is 3.61. The van der Waals surface area contributed by atoms with Crippen molar-refractivity contribution in [1.82, 2.24) is 0 Å². The molecule has 0 saturated heterocycles. The highest BCUT2D eigenvalue weighted by Crippen LogP contribution is 2.24. The van der Waals surface area contributed by atoms with Gasteiger partial charge in [-0.05, 0) is 19.9 Å². The summed E-state index contributed by atoms with van der Waals surface area (Å²) in [4.78, 5) is 12.3. The molecule has 1 heterocycles. The third-order valence-electron chi connectivity index (χ3n) is 2.43. The Morgan fingerprint density at radius 1 is 1.53 bits per heavy atom. The number of carboxylic acids is 1. The lowest BCUT2D eigenvalue weighted by Crippen LogP contribution is -2.44. The van der Waals surface area contributed by atoms with Crippen LogP contribution in [0, 0.1) is 0 Å². The second kappa shape index (κ2) is 3.94. The number of furan rings is 1. The van der Waals surface area contributed by atoms with Gasteiger partial charge < -0.3 is 19.5 Å². The van der Waals surface area contributed by atoms with Gasteiger partial charge in [0, 0.05) is 13.1 Å². The molecule has 0 saturated carbocycles. The van der Waals surface area contributed by atoms with Gasteiger partial charge in [-0.25, -0.2) is 4.79 Å². The summed E-state index contributed by atoms with van der Waals surface area (Å²) in [5, 5.41) is 17.8. The molecular weight excluding hydrogens is 198 g/mol. The molecular formula is C10H15NO4. The molecule has 0 fully saturated rings. The van der Waals surface area contributed by atoms with Crippen LogP contribution in [0.15, 0.2) is 16.5 Å². The first kappa shape index (κ1) is 11.6. The van der Waals surface area contributed by atoms with Crippen LogP contribution >= 0.6 is 0 Å². The number of anilines is 1. The van der Waals surface area contributed by atoms with Crippen molar-refractivity contribution in [3.05, 3.63) is 17.9 Å². The minimum Gasteiger partial charge on any atom is -0.475 e. The summed E-state index contributed by atoms with van der Waals surface area (Å²) in [5.41, 5.74) is -0.492. The highest BCUT2D eigenvalue weighted by molar-refractivity contribution is 5.84. The Balaban J connectivity index is 2.92. The summed E-state index contributed by atoms with van der Waals surface area (Å²) in [5.74, 6) is -0.784. The number of aliphatic hydroxyl groups is 1. The second-order valence-corrected chi connectivity index (χ2v) is 3.97. The maximum atomic E-state index is 10.6. The van der Waals surface area contributed by atoms with E-state index in [1.807, 2.05) is 13.8 Å². The molecule has 1 aromatic rings. The predicted octanol–water partition coefficient (Wildman–Crippen LogP) is 1.18. The van der Waals surface area contributed by atoms with Crippen LogP contribution in [0.5, 0.6) is 0 Å². The van der Waals surface area contributed by atoms with Gasteiger partial charge >= 0.3 is 5.97 Å². The SMILES string of the molecule is CN(c1ccc(C(=O)O)o1)C(C)(C)CO. The average Bonchev–Trinajstić information content (AvgIpc) is 2.65. The molecule has 0 aromatic carbocycles. The van der Waals surface area contributed by atoms with Gasteiger partial charge in [0.1, 0.15) is 0 Å². The molecule has 0 amide bonds. The second-order valence-electron chi connectivity index (χ2n) is 3.97. The molecule has 0 atom stereocenters. The molecule has 0 spiro atoms. The standard InChI is InChI=1S/C10H15NO4/c1-10(2,6-12)11(3)8-5-4-7(15-8)9(13)14/h4-5,12H,6H2,1-3H3,(H,13,14). The summed E-state index contributed by atoms with van der Waals surface area (Å²) >= 11 is 0. The fourth-order valence-corrected chi connectivity index (χ4v) is 1.03. The lowest BCUT2D eigenvalue weighted by atomic mass is 10.1. The van der Waals surface area contributed by atoms with Crippen molar-refractivity contribution in [1.29, 1.82) is 0 Å². The van der Waals surface area contributed by atoms with Crippen molar-refractivity contribution in [2.24, 2.45) is 0 Å². The van der Waals surface area contributed by atoms with Crippen LogP contribution in [-0.2, 0) is 0 Å². The molecule has 0 aliphatic heterocycles. The predicted molar refractivity (Wildman–Crippen MR) is 55.2 cm³/mol. The Hall–Kier alpha value is -1.49. The van der Waals surface area contributed by atoms with E-state index in [2.05, 4.69) is 0 Å². The number of aromatic carboxylic acids is 1. The van der Waals surface area contributed by atoms with Gasteiger partial charge in [0.2, 0.25) is 5.76 Å². The van der Waals surface area contributed by atoms with Crippen LogP contribution in [0.25, 0.3) is 0 Å². The third kappa shape index (κ3) is 2.30. The zero-order valence-corrected chi connectivity index (χ0v) is 9.02. The van der Waals surface area contributed by atoms with Gasteiger partial charge in [0.25, 0.3) is 0 Å². The number of hydrogen-bond donors (Lipinski definition) is 2. The van der Waals surface area contributed by atoms with Crippen LogP contribution in [-0.4, -0.2) is 35.4 Å². The van der Waals surface area contributed by atoms with Crippen molar-refractivity contribution in [2.45, 2.75) is 19.4 Å². The first-order valence-corrected chi connectivity index (χ1v) is 4.56. The number of carboxylic acid groups (broad SMARTS) is 1. The largest absolute Gasteiger partial charge is 0.475 e. The van der Waals surface area contributed by atoms with E-state index in [1.165, 1.54) is 6.07 Å². The molecule has 5 heteroatoms. The smallest absolute Gasteiger partial charge is 0.371 e. The number of nitrogens with zero attached hydrogens (tertiary/aromatic N) is 1. The Morgan fingerprint density at radius 2 is 2.13 bits per heavy atom. The van der Waals surface area contributed by atoms with E-state index in [9.17, 15) is 4.79 Å². The molecule has 84 valence electrons. The monoisotopic (exact) mass is 213 g/mol. The molecule has 15 heavy (non-hydrogen) atoms. The molecule has 0 aliphatic carbocycles. The van der Waals surface area contributed by atoms with Gasteiger partial charge in [-0.1, -0.05) is 0 Å². The van der Waals surface area contributed by atoms with Crippen LogP contribution < -0.4 is 4.90 Å². The zero-order chi connectivity index (χ0) is 11.6. The van der Waals surface area contributed by atoms with Crippen molar-refractivity contribution in [3.8, 4) is 0 Å². The van der Waals surface area contributed by atoms with E-state index >= 15 is 0 Å². The van der Waals surface area contributed by atoms with Crippen molar-refractivity contribution < 1.29 is 19.4 Å². The van der Waals surface area contributed by atoms with E-state index in [0.717, 1.165) is 0 Å². The lowest BCUT2D eigenvalue weighted by Gasteiger charge is -2.33. The summed E-state index contributed by atoms with van der Waals surface area (Å²) in [6, 6.07) is 2.96. The van der Waals surface area contributed by atoms with Gasteiger partial charge in [-0.3, -0.25) is 0 Å². The maximum absolute atomic E-state index is 10.6. The molecule has 0 bridgehead atoms. The Kier molecular flexibility index (Phi) is 3.04. The van der Waals surface area contributed by atoms with E-state index in [4.69, 9.17) is 14.6 Å². The van der Waals surface area contributed by atoms with Gasteiger partial charge in [-0.2, -0.15) is 0 Å². The minimum atomic E-state index is -1.10.